The summed E-state index contributed by atoms with van der Waals surface area (Å²) in [6.07, 6.45) is 6.79. The Morgan fingerprint density at radius 3 is 2.33 bits per heavy atom. The molecule has 0 radical (unpaired) electrons. The molecule has 1 aliphatic carbocycles. The van der Waals surface area contributed by atoms with E-state index in [9.17, 15) is 9.90 Å². The number of aliphatic hydroxyl groups excluding tert-OH is 1. The molecule has 1 aromatic carbocycles. The maximum absolute atomic E-state index is 12.5. The molecule has 0 aromatic heterocycles. The zero-order chi connectivity index (χ0) is 19.2. The fourth-order valence-electron chi connectivity index (χ4n) is 4.30. The Labute approximate surface area is 163 Å². The van der Waals surface area contributed by atoms with Crippen molar-refractivity contribution in [2.75, 3.05) is 31.6 Å². The second kappa shape index (κ2) is 9.45. The number of carbonyl (C=O) groups is 1. The van der Waals surface area contributed by atoms with Crippen LogP contribution in [-0.2, 0) is 6.54 Å². The first-order valence-corrected chi connectivity index (χ1v) is 10.5. The van der Waals surface area contributed by atoms with E-state index < -0.39 is 0 Å². The summed E-state index contributed by atoms with van der Waals surface area (Å²) in [4.78, 5) is 16.7. The molecule has 2 amide bonds. The van der Waals surface area contributed by atoms with Crippen LogP contribution >= 0.6 is 0 Å². The molecule has 1 saturated heterocycles. The standard InChI is InChI=1S/C22H35N3O2/c1-17-3-7-20(8-4-17)24(2)22(27)23-15-18-5-9-21(10-6-18)25-13-11-19(16-26)12-14-25/h5-6,9-10,17,19-20,26H,3-4,7-8,11-16H2,1-2H3,(H,23,27). The maximum atomic E-state index is 12.5. The van der Waals surface area contributed by atoms with Crippen molar-refractivity contribution >= 4 is 11.7 Å². The van der Waals surface area contributed by atoms with Gasteiger partial charge >= 0.3 is 6.03 Å². The predicted molar refractivity (Wildman–Crippen MR) is 110 cm³/mol. The van der Waals surface area contributed by atoms with E-state index in [2.05, 4.69) is 41.4 Å². The monoisotopic (exact) mass is 373 g/mol. The van der Waals surface area contributed by atoms with Crippen LogP contribution in [0.1, 0.15) is 51.0 Å². The molecule has 2 fully saturated rings. The molecule has 150 valence electrons. The van der Waals surface area contributed by atoms with E-state index in [1.807, 2.05) is 11.9 Å². The molecule has 0 bridgehead atoms. The lowest BCUT2D eigenvalue weighted by Crippen LogP contribution is -2.44. The maximum Gasteiger partial charge on any atom is 0.317 e. The number of urea groups is 1. The lowest BCUT2D eigenvalue weighted by Gasteiger charge is -2.33. The van der Waals surface area contributed by atoms with E-state index >= 15 is 0 Å². The van der Waals surface area contributed by atoms with Gasteiger partial charge in [-0.1, -0.05) is 19.1 Å². The van der Waals surface area contributed by atoms with E-state index in [1.54, 1.807) is 0 Å². The van der Waals surface area contributed by atoms with Gasteiger partial charge in [-0.3, -0.25) is 0 Å². The zero-order valence-corrected chi connectivity index (χ0v) is 16.9. The van der Waals surface area contributed by atoms with Gasteiger partial charge in [0, 0.05) is 45.0 Å². The van der Waals surface area contributed by atoms with Gasteiger partial charge in [0.2, 0.25) is 0 Å². The van der Waals surface area contributed by atoms with E-state index in [4.69, 9.17) is 0 Å². The van der Waals surface area contributed by atoms with Gasteiger partial charge in [0.05, 0.1) is 0 Å². The summed E-state index contributed by atoms with van der Waals surface area (Å²) >= 11 is 0. The Kier molecular flexibility index (Phi) is 7.00. The number of anilines is 1. The molecule has 2 aliphatic rings. The third-order valence-electron chi connectivity index (χ3n) is 6.47. The molecule has 0 unspecified atom stereocenters. The molecule has 0 atom stereocenters. The highest BCUT2D eigenvalue weighted by molar-refractivity contribution is 5.74. The van der Waals surface area contributed by atoms with E-state index in [0.29, 0.717) is 25.1 Å². The average Bonchev–Trinajstić information content (AvgIpc) is 2.72. The molecule has 5 nitrogen and oxygen atoms in total. The third-order valence-corrected chi connectivity index (χ3v) is 6.47. The van der Waals surface area contributed by atoms with Gasteiger partial charge < -0.3 is 20.2 Å². The van der Waals surface area contributed by atoms with Crippen molar-refractivity contribution in [3.63, 3.8) is 0 Å². The van der Waals surface area contributed by atoms with Crippen molar-refractivity contribution in [3.05, 3.63) is 29.8 Å². The van der Waals surface area contributed by atoms with Gasteiger partial charge in [-0.05, 0) is 68.1 Å². The van der Waals surface area contributed by atoms with Crippen LogP contribution < -0.4 is 10.2 Å². The van der Waals surface area contributed by atoms with Crippen LogP contribution in [0.15, 0.2) is 24.3 Å². The first kappa shape index (κ1) is 20.0. The van der Waals surface area contributed by atoms with Crippen LogP contribution in [-0.4, -0.2) is 48.8 Å². The summed E-state index contributed by atoms with van der Waals surface area (Å²) in [5.41, 5.74) is 2.36. The van der Waals surface area contributed by atoms with Gasteiger partial charge in [0.15, 0.2) is 0 Å². The van der Waals surface area contributed by atoms with Crippen molar-refractivity contribution < 1.29 is 9.90 Å². The van der Waals surface area contributed by atoms with Crippen LogP contribution in [0.5, 0.6) is 0 Å². The van der Waals surface area contributed by atoms with Crippen molar-refractivity contribution in [1.29, 1.82) is 0 Å². The third kappa shape index (κ3) is 5.38. The van der Waals surface area contributed by atoms with Crippen LogP contribution in [0.25, 0.3) is 0 Å². The molecule has 5 heteroatoms. The van der Waals surface area contributed by atoms with E-state index in [-0.39, 0.29) is 6.03 Å². The number of hydrogen-bond donors (Lipinski definition) is 2. The molecule has 2 N–H and O–H groups in total. The largest absolute Gasteiger partial charge is 0.396 e. The fraction of sp³-hybridized carbons (Fsp3) is 0.682. The summed E-state index contributed by atoms with van der Waals surface area (Å²) in [6.45, 7) is 5.19. The Morgan fingerprint density at radius 2 is 1.74 bits per heavy atom. The van der Waals surface area contributed by atoms with Crippen LogP contribution in [0.2, 0.25) is 0 Å². The van der Waals surface area contributed by atoms with Crippen LogP contribution in [0.3, 0.4) is 0 Å². The predicted octanol–water partition coefficient (Wildman–Crippen LogP) is 3.62. The van der Waals surface area contributed by atoms with Gasteiger partial charge in [-0.25, -0.2) is 4.79 Å². The van der Waals surface area contributed by atoms with Crippen LogP contribution in [0, 0.1) is 11.8 Å². The molecule has 1 aliphatic heterocycles. The van der Waals surface area contributed by atoms with E-state index in [1.165, 1.54) is 18.5 Å². The van der Waals surface area contributed by atoms with E-state index in [0.717, 1.165) is 50.3 Å². The average molecular weight is 374 g/mol. The first-order chi connectivity index (χ1) is 13.1. The smallest absolute Gasteiger partial charge is 0.317 e. The topological polar surface area (TPSA) is 55.8 Å². The summed E-state index contributed by atoms with van der Waals surface area (Å²) in [5, 5.41) is 12.3. The number of piperidine rings is 1. The lowest BCUT2D eigenvalue weighted by molar-refractivity contribution is 0.163. The molecular weight excluding hydrogens is 338 g/mol. The molecule has 0 spiro atoms. The summed E-state index contributed by atoms with van der Waals surface area (Å²) in [6, 6.07) is 8.92. The summed E-state index contributed by atoms with van der Waals surface area (Å²) in [7, 11) is 1.93. The van der Waals surface area contributed by atoms with Crippen molar-refractivity contribution in [1.82, 2.24) is 10.2 Å². The Morgan fingerprint density at radius 1 is 1.11 bits per heavy atom. The number of rotatable bonds is 5. The van der Waals surface area contributed by atoms with Gasteiger partial charge in [-0.2, -0.15) is 0 Å². The SMILES string of the molecule is CC1CCC(N(C)C(=O)NCc2ccc(N3CCC(CO)CC3)cc2)CC1. The van der Waals surface area contributed by atoms with Gasteiger partial charge in [0.1, 0.15) is 0 Å². The fourth-order valence-corrected chi connectivity index (χ4v) is 4.30. The summed E-state index contributed by atoms with van der Waals surface area (Å²) in [5.74, 6) is 1.26. The number of nitrogens with zero attached hydrogens (tertiary/aromatic N) is 2. The number of hydrogen-bond acceptors (Lipinski definition) is 3. The molecule has 1 aromatic rings. The molecule has 1 heterocycles. The Balaban J connectivity index is 1.45. The number of carbonyl (C=O) groups excluding carboxylic acids is 1. The second-order valence-electron chi connectivity index (χ2n) is 8.46. The van der Waals surface area contributed by atoms with Crippen molar-refractivity contribution in [3.8, 4) is 0 Å². The number of benzene rings is 1. The minimum Gasteiger partial charge on any atom is -0.396 e. The van der Waals surface area contributed by atoms with Gasteiger partial charge in [0.25, 0.3) is 0 Å². The first-order valence-electron chi connectivity index (χ1n) is 10.5. The molecule has 3 rings (SSSR count). The highest BCUT2D eigenvalue weighted by atomic mass is 16.3. The minimum absolute atomic E-state index is 0.0321. The second-order valence-corrected chi connectivity index (χ2v) is 8.46. The van der Waals surface area contributed by atoms with Gasteiger partial charge in [-0.15, -0.1) is 0 Å². The van der Waals surface area contributed by atoms with Crippen molar-refractivity contribution in [2.45, 2.75) is 58.0 Å². The highest BCUT2D eigenvalue weighted by Crippen LogP contribution is 2.26. The molecule has 1 saturated carbocycles. The lowest BCUT2D eigenvalue weighted by atomic mass is 9.87. The highest BCUT2D eigenvalue weighted by Gasteiger charge is 2.24. The Bertz CT molecular complexity index is 588. The van der Waals surface area contributed by atoms with Crippen molar-refractivity contribution in [2.24, 2.45) is 11.8 Å². The molecular formula is C22H35N3O2. The number of amides is 2. The minimum atomic E-state index is 0.0321. The zero-order valence-electron chi connectivity index (χ0n) is 16.9. The van der Waals surface area contributed by atoms with Crippen LogP contribution in [0.4, 0.5) is 10.5 Å². The quantitative estimate of drug-likeness (QED) is 0.829. The Hall–Kier alpha value is -1.75. The number of aliphatic hydroxyl groups is 1. The molecule has 27 heavy (non-hydrogen) atoms. The summed E-state index contributed by atoms with van der Waals surface area (Å²) < 4.78 is 0. The number of nitrogens with one attached hydrogen (secondary N) is 1. The normalized spacial score (nSPS) is 23.9.